The van der Waals surface area contributed by atoms with Gasteiger partial charge in [0.1, 0.15) is 6.54 Å². The summed E-state index contributed by atoms with van der Waals surface area (Å²) >= 11 is 18.3. The molecule has 0 fully saturated rings. The molecule has 0 saturated carbocycles. The van der Waals surface area contributed by atoms with E-state index in [1.807, 2.05) is 6.92 Å². The summed E-state index contributed by atoms with van der Waals surface area (Å²) in [6, 6.07) is 15.9. The first-order chi connectivity index (χ1) is 14.6. The van der Waals surface area contributed by atoms with Crippen LogP contribution in [0.1, 0.15) is 11.1 Å². The average molecular weight is 498 g/mol. The number of amides is 1. The summed E-state index contributed by atoms with van der Waals surface area (Å²) < 4.78 is 28.0. The van der Waals surface area contributed by atoms with Gasteiger partial charge in [-0.1, -0.05) is 58.6 Å². The first-order valence-corrected chi connectivity index (χ1v) is 11.8. The van der Waals surface area contributed by atoms with Gasteiger partial charge in [-0.2, -0.15) is 0 Å². The van der Waals surface area contributed by atoms with Crippen molar-refractivity contribution in [3.63, 3.8) is 0 Å². The number of carbonyl (C=O) groups excluding carboxylic acids is 1. The van der Waals surface area contributed by atoms with Crippen molar-refractivity contribution in [1.29, 1.82) is 0 Å². The van der Waals surface area contributed by atoms with E-state index in [0.29, 0.717) is 21.3 Å². The predicted octanol–water partition coefficient (Wildman–Crippen LogP) is 6.10. The molecule has 1 N–H and O–H groups in total. The molecule has 0 aliphatic carbocycles. The fraction of sp³-hybridized carbons (Fsp3) is 0.136. The average Bonchev–Trinajstić information content (AvgIpc) is 2.71. The van der Waals surface area contributed by atoms with Gasteiger partial charge in [0.2, 0.25) is 5.91 Å². The molecule has 0 aliphatic heterocycles. The molecular formula is C22H19Cl3N2O3S. The van der Waals surface area contributed by atoms with E-state index in [-0.39, 0.29) is 15.6 Å². The zero-order valence-electron chi connectivity index (χ0n) is 16.7. The van der Waals surface area contributed by atoms with Crippen molar-refractivity contribution < 1.29 is 13.2 Å². The molecule has 0 spiro atoms. The van der Waals surface area contributed by atoms with Crippen LogP contribution in [-0.2, 0) is 14.8 Å². The van der Waals surface area contributed by atoms with E-state index in [0.717, 1.165) is 9.87 Å². The van der Waals surface area contributed by atoms with Crippen molar-refractivity contribution in [2.45, 2.75) is 18.7 Å². The maximum atomic E-state index is 13.5. The number of hydrogen-bond acceptors (Lipinski definition) is 3. The third-order valence-electron chi connectivity index (χ3n) is 4.61. The number of sulfonamides is 1. The lowest BCUT2D eigenvalue weighted by Gasteiger charge is -2.26. The van der Waals surface area contributed by atoms with Crippen LogP contribution in [0.25, 0.3) is 0 Å². The van der Waals surface area contributed by atoms with Crippen LogP contribution in [0.3, 0.4) is 0 Å². The number of rotatable bonds is 6. The van der Waals surface area contributed by atoms with E-state index in [2.05, 4.69) is 5.32 Å². The van der Waals surface area contributed by atoms with E-state index in [9.17, 15) is 13.2 Å². The van der Waals surface area contributed by atoms with Gasteiger partial charge < -0.3 is 5.32 Å². The Kier molecular flexibility index (Phi) is 7.17. The lowest BCUT2D eigenvalue weighted by molar-refractivity contribution is -0.114. The van der Waals surface area contributed by atoms with Crippen molar-refractivity contribution in [3.8, 4) is 0 Å². The molecule has 3 aromatic carbocycles. The van der Waals surface area contributed by atoms with Crippen molar-refractivity contribution in [2.75, 3.05) is 16.2 Å². The molecule has 3 rings (SSSR count). The molecule has 0 aromatic heterocycles. The maximum absolute atomic E-state index is 13.5. The van der Waals surface area contributed by atoms with Crippen molar-refractivity contribution in [1.82, 2.24) is 0 Å². The SMILES string of the molecule is Cc1ccc(S(=O)(=O)N(CC(=O)Nc2cc(Cl)ccc2Cl)c2cccc(Cl)c2C)cc1. The fourth-order valence-electron chi connectivity index (χ4n) is 2.92. The lowest BCUT2D eigenvalue weighted by Crippen LogP contribution is -2.38. The van der Waals surface area contributed by atoms with E-state index >= 15 is 0 Å². The van der Waals surface area contributed by atoms with Crippen molar-refractivity contribution in [2.24, 2.45) is 0 Å². The molecule has 0 atom stereocenters. The number of carbonyl (C=O) groups is 1. The van der Waals surface area contributed by atoms with Gasteiger partial charge in [0, 0.05) is 10.0 Å². The summed E-state index contributed by atoms with van der Waals surface area (Å²) in [7, 11) is -4.06. The number of benzene rings is 3. The van der Waals surface area contributed by atoms with Gasteiger partial charge in [0.05, 0.1) is 21.3 Å². The standard InChI is InChI=1S/C22H19Cl3N2O3S/c1-14-6-9-17(10-7-14)31(29,30)27(21-5-3-4-18(24)15(21)2)13-22(28)26-20-12-16(23)8-11-19(20)25/h3-12H,13H2,1-2H3,(H,26,28). The smallest absolute Gasteiger partial charge is 0.264 e. The third-order valence-corrected chi connectivity index (χ3v) is 7.35. The van der Waals surface area contributed by atoms with Gasteiger partial charge in [0.25, 0.3) is 10.0 Å². The summed E-state index contributed by atoms with van der Waals surface area (Å²) in [4.78, 5) is 12.9. The van der Waals surface area contributed by atoms with E-state index in [4.69, 9.17) is 34.8 Å². The first-order valence-electron chi connectivity index (χ1n) is 9.19. The first kappa shape index (κ1) is 23.4. The highest BCUT2D eigenvalue weighted by Gasteiger charge is 2.29. The summed E-state index contributed by atoms with van der Waals surface area (Å²) in [6.45, 7) is 3.07. The second-order valence-corrected chi connectivity index (χ2v) is 9.99. The number of aryl methyl sites for hydroxylation is 1. The number of nitrogens with one attached hydrogen (secondary N) is 1. The fourth-order valence-corrected chi connectivity index (χ4v) is 4.90. The molecule has 0 bridgehead atoms. The largest absolute Gasteiger partial charge is 0.323 e. The zero-order valence-corrected chi connectivity index (χ0v) is 19.8. The van der Waals surface area contributed by atoms with Crippen LogP contribution in [0.4, 0.5) is 11.4 Å². The highest BCUT2D eigenvalue weighted by atomic mass is 35.5. The Balaban J connectivity index is 2.02. The molecule has 9 heteroatoms. The second-order valence-electron chi connectivity index (χ2n) is 6.88. The van der Waals surface area contributed by atoms with Gasteiger partial charge >= 0.3 is 0 Å². The molecule has 0 unspecified atom stereocenters. The molecule has 0 aliphatic rings. The number of anilines is 2. The highest BCUT2D eigenvalue weighted by Crippen LogP contribution is 2.31. The summed E-state index contributed by atoms with van der Waals surface area (Å²) in [6.07, 6.45) is 0. The number of halogens is 3. The van der Waals surface area contributed by atoms with Crippen molar-refractivity contribution in [3.05, 3.63) is 86.9 Å². The minimum atomic E-state index is -4.06. The van der Waals surface area contributed by atoms with E-state index in [1.54, 1.807) is 49.4 Å². The topological polar surface area (TPSA) is 66.5 Å². The van der Waals surface area contributed by atoms with Crippen LogP contribution < -0.4 is 9.62 Å². The van der Waals surface area contributed by atoms with Crippen LogP contribution in [-0.4, -0.2) is 20.9 Å². The van der Waals surface area contributed by atoms with Gasteiger partial charge in [-0.15, -0.1) is 0 Å². The second kappa shape index (κ2) is 9.49. The van der Waals surface area contributed by atoms with Crippen LogP contribution in [0.5, 0.6) is 0 Å². The minimum Gasteiger partial charge on any atom is -0.323 e. The van der Waals surface area contributed by atoms with Crippen LogP contribution in [0.2, 0.25) is 15.1 Å². The lowest BCUT2D eigenvalue weighted by atomic mass is 10.2. The zero-order chi connectivity index (χ0) is 22.8. The Morgan fingerprint density at radius 1 is 0.935 bits per heavy atom. The summed E-state index contributed by atoms with van der Waals surface area (Å²) in [5.74, 6) is -0.584. The third kappa shape index (κ3) is 5.33. The highest BCUT2D eigenvalue weighted by molar-refractivity contribution is 7.92. The Morgan fingerprint density at radius 2 is 1.61 bits per heavy atom. The minimum absolute atomic E-state index is 0.0612. The number of nitrogens with zero attached hydrogens (tertiary/aromatic N) is 1. The molecular weight excluding hydrogens is 479 g/mol. The Bertz CT molecular complexity index is 1230. The molecule has 0 saturated heterocycles. The Labute approximate surface area is 196 Å². The van der Waals surface area contributed by atoms with Crippen LogP contribution >= 0.6 is 34.8 Å². The quantitative estimate of drug-likeness (QED) is 0.447. The monoisotopic (exact) mass is 496 g/mol. The Morgan fingerprint density at radius 3 is 2.29 bits per heavy atom. The van der Waals surface area contributed by atoms with Gasteiger partial charge in [-0.25, -0.2) is 8.42 Å². The molecule has 162 valence electrons. The molecule has 0 heterocycles. The van der Waals surface area contributed by atoms with Gasteiger partial charge in [0.15, 0.2) is 0 Å². The predicted molar refractivity (Wildman–Crippen MR) is 127 cm³/mol. The molecule has 3 aromatic rings. The van der Waals surface area contributed by atoms with E-state index < -0.39 is 22.5 Å². The van der Waals surface area contributed by atoms with Crippen LogP contribution in [0.15, 0.2) is 65.6 Å². The van der Waals surface area contributed by atoms with Gasteiger partial charge in [-0.3, -0.25) is 9.10 Å². The normalized spacial score (nSPS) is 11.3. The van der Waals surface area contributed by atoms with E-state index in [1.165, 1.54) is 18.2 Å². The van der Waals surface area contributed by atoms with Gasteiger partial charge in [-0.05, 0) is 61.9 Å². The Hall–Kier alpha value is -2.25. The molecule has 5 nitrogen and oxygen atoms in total. The maximum Gasteiger partial charge on any atom is 0.264 e. The molecule has 1 amide bonds. The summed E-state index contributed by atoms with van der Waals surface area (Å²) in [5, 5.41) is 3.68. The van der Waals surface area contributed by atoms with Crippen molar-refractivity contribution >= 4 is 62.1 Å². The summed E-state index contributed by atoms with van der Waals surface area (Å²) in [5.41, 5.74) is 2.04. The molecule has 0 radical (unpaired) electrons. The number of hydrogen-bond donors (Lipinski definition) is 1. The molecule has 31 heavy (non-hydrogen) atoms. The van der Waals surface area contributed by atoms with Crippen LogP contribution in [0, 0.1) is 13.8 Å².